The second-order valence-electron chi connectivity index (χ2n) is 3.78. The van der Waals surface area contributed by atoms with Crippen molar-refractivity contribution in [2.45, 2.75) is 6.92 Å². The van der Waals surface area contributed by atoms with Crippen LogP contribution in [0.4, 0.5) is 0 Å². The molecule has 0 spiro atoms. The lowest BCUT2D eigenvalue weighted by Gasteiger charge is -2.13. The Balaban J connectivity index is 2.54. The fourth-order valence-electron chi connectivity index (χ4n) is 1.80. The van der Waals surface area contributed by atoms with Gasteiger partial charge in [0, 0.05) is 25.0 Å². The van der Waals surface area contributed by atoms with E-state index in [-0.39, 0.29) is 0 Å². The first-order valence-electron chi connectivity index (χ1n) is 5.65. The molecule has 0 radical (unpaired) electrons. The van der Waals surface area contributed by atoms with E-state index in [4.69, 9.17) is 21.1 Å². The van der Waals surface area contributed by atoms with Crippen molar-refractivity contribution >= 4 is 11.6 Å². The highest BCUT2D eigenvalue weighted by atomic mass is 35.5. The van der Waals surface area contributed by atoms with Crippen molar-refractivity contribution in [3.8, 4) is 22.9 Å². The summed E-state index contributed by atoms with van der Waals surface area (Å²) >= 11 is 6.20. The van der Waals surface area contributed by atoms with Crippen LogP contribution in [0.25, 0.3) is 11.4 Å². The third kappa shape index (κ3) is 2.29. The maximum absolute atomic E-state index is 6.20. The van der Waals surface area contributed by atoms with Crippen molar-refractivity contribution in [1.82, 2.24) is 9.55 Å². The lowest BCUT2D eigenvalue weighted by Crippen LogP contribution is -1.98. The highest BCUT2D eigenvalue weighted by Crippen LogP contribution is 2.38. The van der Waals surface area contributed by atoms with Crippen LogP contribution in [0.2, 0.25) is 5.02 Å². The van der Waals surface area contributed by atoms with Crippen molar-refractivity contribution in [3.63, 3.8) is 0 Å². The Labute approximate surface area is 111 Å². The molecule has 0 unspecified atom stereocenters. The second-order valence-corrected chi connectivity index (χ2v) is 4.19. The topological polar surface area (TPSA) is 36.3 Å². The van der Waals surface area contributed by atoms with Crippen molar-refractivity contribution in [2.75, 3.05) is 13.7 Å². The molecule has 0 atom stereocenters. The largest absolute Gasteiger partial charge is 0.491 e. The molecule has 0 aliphatic rings. The van der Waals surface area contributed by atoms with E-state index in [1.54, 1.807) is 13.3 Å². The molecule has 18 heavy (non-hydrogen) atoms. The van der Waals surface area contributed by atoms with Gasteiger partial charge in [-0.1, -0.05) is 11.6 Å². The highest BCUT2D eigenvalue weighted by molar-refractivity contribution is 6.32. The van der Waals surface area contributed by atoms with E-state index in [1.807, 2.05) is 36.9 Å². The summed E-state index contributed by atoms with van der Waals surface area (Å²) in [6.45, 7) is 2.47. The van der Waals surface area contributed by atoms with Gasteiger partial charge in [-0.3, -0.25) is 0 Å². The van der Waals surface area contributed by atoms with Crippen LogP contribution in [-0.4, -0.2) is 23.3 Å². The van der Waals surface area contributed by atoms with E-state index in [0.29, 0.717) is 23.1 Å². The summed E-state index contributed by atoms with van der Waals surface area (Å²) in [4.78, 5) is 4.29. The summed E-state index contributed by atoms with van der Waals surface area (Å²) < 4.78 is 12.7. The molecule has 1 aromatic heterocycles. The molecule has 2 rings (SSSR count). The van der Waals surface area contributed by atoms with Crippen LogP contribution in [-0.2, 0) is 7.05 Å². The van der Waals surface area contributed by atoms with Gasteiger partial charge in [0.1, 0.15) is 5.82 Å². The molecule has 2 aromatic rings. The number of nitrogens with zero attached hydrogens (tertiary/aromatic N) is 2. The average Bonchev–Trinajstić information content (AvgIpc) is 2.75. The summed E-state index contributed by atoms with van der Waals surface area (Å²) in [5.41, 5.74) is 0.900. The van der Waals surface area contributed by atoms with Crippen LogP contribution in [0.15, 0.2) is 24.5 Å². The van der Waals surface area contributed by atoms with Gasteiger partial charge < -0.3 is 14.0 Å². The molecule has 0 saturated carbocycles. The molecular weight excluding hydrogens is 252 g/mol. The maximum atomic E-state index is 6.20. The number of methoxy groups -OCH3 is 1. The van der Waals surface area contributed by atoms with Gasteiger partial charge in [-0.2, -0.15) is 0 Å². The van der Waals surface area contributed by atoms with Gasteiger partial charge in [-0.05, 0) is 19.1 Å². The zero-order chi connectivity index (χ0) is 13.1. The molecule has 5 heteroatoms. The first-order chi connectivity index (χ1) is 8.67. The molecular formula is C13H15ClN2O2. The number of aryl methyl sites for hydroxylation is 1. The third-order valence-electron chi connectivity index (χ3n) is 2.59. The van der Waals surface area contributed by atoms with Gasteiger partial charge in [0.15, 0.2) is 11.5 Å². The Bertz CT molecular complexity index is 552. The minimum absolute atomic E-state index is 0.515. The van der Waals surface area contributed by atoms with Crippen LogP contribution >= 0.6 is 11.6 Å². The van der Waals surface area contributed by atoms with E-state index < -0.39 is 0 Å². The maximum Gasteiger partial charge on any atom is 0.179 e. The van der Waals surface area contributed by atoms with Gasteiger partial charge in [-0.15, -0.1) is 0 Å². The third-order valence-corrected chi connectivity index (χ3v) is 2.87. The molecule has 0 saturated heterocycles. The lowest BCUT2D eigenvalue weighted by molar-refractivity contribution is 0.311. The molecule has 0 aliphatic carbocycles. The number of halogens is 1. The Hall–Kier alpha value is -1.68. The molecule has 0 aliphatic heterocycles. The van der Waals surface area contributed by atoms with E-state index in [9.17, 15) is 0 Å². The molecule has 1 heterocycles. The Morgan fingerprint density at radius 3 is 2.72 bits per heavy atom. The molecule has 1 aromatic carbocycles. The molecule has 96 valence electrons. The number of aromatic nitrogens is 2. The molecule has 0 N–H and O–H groups in total. The fourth-order valence-corrected chi connectivity index (χ4v) is 2.09. The van der Waals surface area contributed by atoms with Gasteiger partial charge in [0.25, 0.3) is 0 Å². The quantitative estimate of drug-likeness (QED) is 0.853. The zero-order valence-electron chi connectivity index (χ0n) is 10.6. The van der Waals surface area contributed by atoms with E-state index in [1.165, 1.54) is 0 Å². The number of benzene rings is 1. The summed E-state index contributed by atoms with van der Waals surface area (Å²) in [5, 5.41) is 0.515. The second kappa shape index (κ2) is 5.31. The van der Waals surface area contributed by atoms with Gasteiger partial charge in [0.05, 0.1) is 18.7 Å². The minimum Gasteiger partial charge on any atom is -0.491 e. The lowest BCUT2D eigenvalue weighted by atomic mass is 10.2. The zero-order valence-corrected chi connectivity index (χ0v) is 11.4. The first-order valence-corrected chi connectivity index (χ1v) is 6.03. The number of imidazole rings is 1. The van der Waals surface area contributed by atoms with Crippen LogP contribution in [0.5, 0.6) is 11.5 Å². The predicted molar refractivity (Wildman–Crippen MR) is 71.4 cm³/mol. The van der Waals surface area contributed by atoms with Crippen LogP contribution < -0.4 is 9.47 Å². The van der Waals surface area contributed by atoms with Gasteiger partial charge in [-0.25, -0.2) is 4.98 Å². The van der Waals surface area contributed by atoms with E-state index in [2.05, 4.69) is 4.98 Å². The van der Waals surface area contributed by atoms with Crippen LogP contribution in [0.1, 0.15) is 6.92 Å². The first kappa shape index (κ1) is 12.8. The van der Waals surface area contributed by atoms with Crippen molar-refractivity contribution in [3.05, 3.63) is 29.5 Å². The number of hydrogen-bond acceptors (Lipinski definition) is 3. The van der Waals surface area contributed by atoms with Crippen LogP contribution in [0.3, 0.4) is 0 Å². The smallest absolute Gasteiger partial charge is 0.179 e. The van der Waals surface area contributed by atoms with Crippen molar-refractivity contribution in [2.24, 2.45) is 7.05 Å². The van der Waals surface area contributed by atoms with E-state index in [0.717, 1.165) is 11.4 Å². The standard InChI is InChI=1S/C13H15ClN2O2/c1-4-18-11-8-9(7-10(14)12(11)17-3)13-15-5-6-16(13)2/h5-8H,4H2,1-3H3. The molecule has 0 amide bonds. The number of hydrogen-bond donors (Lipinski definition) is 0. The van der Waals surface area contributed by atoms with Crippen molar-refractivity contribution in [1.29, 1.82) is 0 Å². The Morgan fingerprint density at radius 1 is 1.39 bits per heavy atom. The van der Waals surface area contributed by atoms with Crippen molar-refractivity contribution < 1.29 is 9.47 Å². The summed E-state index contributed by atoms with van der Waals surface area (Å²) in [7, 11) is 3.50. The molecule has 0 bridgehead atoms. The highest BCUT2D eigenvalue weighted by Gasteiger charge is 2.14. The Kier molecular flexibility index (Phi) is 3.77. The average molecular weight is 267 g/mol. The normalized spacial score (nSPS) is 10.4. The fraction of sp³-hybridized carbons (Fsp3) is 0.308. The van der Waals surface area contributed by atoms with Crippen LogP contribution in [0, 0.1) is 0 Å². The number of ether oxygens (including phenoxy) is 2. The summed E-state index contributed by atoms with van der Waals surface area (Å²) in [6.07, 6.45) is 3.63. The SMILES string of the molecule is CCOc1cc(-c2nccn2C)cc(Cl)c1OC. The Morgan fingerprint density at radius 2 is 2.17 bits per heavy atom. The van der Waals surface area contributed by atoms with Gasteiger partial charge in [0.2, 0.25) is 0 Å². The summed E-state index contributed by atoms with van der Waals surface area (Å²) in [5.74, 6) is 2.02. The van der Waals surface area contributed by atoms with E-state index >= 15 is 0 Å². The minimum atomic E-state index is 0.515. The number of rotatable bonds is 4. The van der Waals surface area contributed by atoms with Gasteiger partial charge >= 0.3 is 0 Å². The summed E-state index contributed by atoms with van der Waals surface area (Å²) in [6, 6.07) is 3.71. The molecule has 0 fully saturated rings. The monoisotopic (exact) mass is 266 g/mol. The predicted octanol–water partition coefficient (Wildman–Crippen LogP) is 3.15. The molecule has 4 nitrogen and oxygen atoms in total.